The number of furan rings is 1. The highest BCUT2D eigenvalue weighted by molar-refractivity contribution is 6.19. The van der Waals surface area contributed by atoms with Crippen LogP contribution in [0, 0.1) is 0 Å². The highest BCUT2D eigenvalue weighted by atomic mass is 16.3. The van der Waals surface area contributed by atoms with Crippen LogP contribution in [-0.2, 0) is 0 Å². The van der Waals surface area contributed by atoms with Gasteiger partial charge < -0.3 is 4.42 Å². The molecule has 53 heavy (non-hydrogen) atoms. The van der Waals surface area contributed by atoms with Crippen molar-refractivity contribution >= 4 is 76.6 Å². The number of aromatic nitrogens is 3. The monoisotopic (exact) mass is 677 g/mol. The number of para-hydroxylation sites is 1. The Morgan fingerprint density at radius 2 is 1.26 bits per heavy atom. The number of benzene rings is 6. The molecule has 4 aromatic heterocycles. The van der Waals surface area contributed by atoms with Crippen LogP contribution in [0.2, 0.25) is 0 Å². The molecule has 11 rings (SSSR count). The Bertz CT molecular complexity index is 3150. The highest BCUT2D eigenvalue weighted by Crippen LogP contribution is 2.46. The molecule has 0 amide bonds. The summed E-state index contributed by atoms with van der Waals surface area (Å²) in [5.41, 5.74) is 12.8. The van der Waals surface area contributed by atoms with Gasteiger partial charge in [-0.3, -0.25) is 15.0 Å². The summed E-state index contributed by atoms with van der Waals surface area (Å²) >= 11 is 0. The fraction of sp³-hybridized carbons (Fsp3) is 0.0408. The summed E-state index contributed by atoms with van der Waals surface area (Å²) in [6, 6.07) is 49.2. The topological polar surface area (TPSA) is 51.8 Å². The maximum atomic E-state index is 6.65. The van der Waals surface area contributed by atoms with Crippen LogP contribution in [0.25, 0.3) is 87.7 Å². The first-order chi connectivity index (χ1) is 26.2. The van der Waals surface area contributed by atoms with E-state index in [4.69, 9.17) is 19.4 Å². The zero-order valence-corrected chi connectivity index (χ0v) is 28.7. The first kappa shape index (κ1) is 29.8. The highest BCUT2D eigenvalue weighted by Gasteiger charge is 2.25. The van der Waals surface area contributed by atoms with Crippen molar-refractivity contribution in [1.82, 2.24) is 15.0 Å². The molecule has 0 aliphatic heterocycles. The Kier molecular flexibility index (Phi) is 6.65. The van der Waals surface area contributed by atoms with Crippen LogP contribution in [0.5, 0.6) is 0 Å². The van der Waals surface area contributed by atoms with Crippen LogP contribution < -0.4 is 0 Å². The van der Waals surface area contributed by atoms with Crippen molar-refractivity contribution < 1.29 is 4.42 Å². The molecular formula is C49H31N3O. The van der Waals surface area contributed by atoms with E-state index in [0.717, 1.165) is 83.1 Å². The molecule has 0 saturated carbocycles. The maximum absolute atomic E-state index is 6.65. The van der Waals surface area contributed by atoms with E-state index in [9.17, 15) is 0 Å². The zero-order chi connectivity index (χ0) is 34.9. The van der Waals surface area contributed by atoms with Gasteiger partial charge >= 0.3 is 0 Å². The quantitative estimate of drug-likeness (QED) is 0.174. The SMILES string of the molecule is C1=CC(c2cnc3c(ccc4cc(-c5ccccc5)cnc43)c2)CC(c2cccc3oc4c5ccccc5ccc4c23)=C1c1cnc2ccccc2c1. The molecule has 0 spiro atoms. The summed E-state index contributed by atoms with van der Waals surface area (Å²) in [5.74, 6) is 0.123. The van der Waals surface area contributed by atoms with Gasteiger partial charge in [0.2, 0.25) is 0 Å². The average molecular weight is 678 g/mol. The summed E-state index contributed by atoms with van der Waals surface area (Å²) in [6.07, 6.45) is 11.5. The van der Waals surface area contributed by atoms with E-state index < -0.39 is 0 Å². The number of pyridine rings is 3. The van der Waals surface area contributed by atoms with Crippen molar-refractivity contribution in [3.05, 3.63) is 187 Å². The lowest BCUT2D eigenvalue weighted by Crippen LogP contribution is -2.05. The van der Waals surface area contributed by atoms with E-state index >= 15 is 0 Å². The molecular weight excluding hydrogens is 647 g/mol. The standard InChI is InChI=1S/C49H31N3O/c1-2-9-30(10-3-1)36-24-34-17-18-35-25-37(28-52-48(35)47(34)51-27-36)32-20-21-39(38-23-33-12-5-7-15-44(33)50-29-38)43(26-32)41-14-8-16-45-46(41)42-22-19-31-11-4-6-13-40(31)49(42)53-45/h1-25,27-29,32H,26H2. The molecule has 4 heterocycles. The van der Waals surface area contributed by atoms with Crippen molar-refractivity contribution in [2.45, 2.75) is 12.3 Å². The summed E-state index contributed by atoms with van der Waals surface area (Å²) in [5, 5.41) is 7.88. The first-order valence-corrected chi connectivity index (χ1v) is 18.1. The van der Waals surface area contributed by atoms with Gasteiger partial charge in [-0.1, -0.05) is 115 Å². The molecule has 0 radical (unpaired) electrons. The zero-order valence-electron chi connectivity index (χ0n) is 28.7. The number of fused-ring (bicyclic) bond motifs is 9. The second-order valence-corrected chi connectivity index (χ2v) is 14.0. The van der Waals surface area contributed by atoms with Gasteiger partial charge in [0.25, 0.3) is 0 Å². The third-order valence-electron chi connectivity index (χ3n) is 10.9. The number of allylic oxidation sites excluding steroid dienone is 4. The first-order valence-electron chi connectivity index (χ1n) is 18.1. The smallest absolute Gasteiger partial charge is 0.143 e. The normalized spacial score (nSPS) is 14.8. The van der Waals surface area contributed by atoms with Crippen molar-refractivity contribution in [2.24, 2.45) is 0 Å². The summed E-state index contributed by atoms with van der Waals surface area (Å²) in [6.45, 7) is 0. The lowest BCUT2D eigenvalue weighted by atomic mass is 9.79. The lowest BCUT2D eigenvalue weighted by Gasteiger charge is -2.24. The molecule has 248 valence electrons. The van der Waals surface area contributed by atoms with E-state index in [1.807, 2.05) is 30.7 Å². The van der Waals surface area contributed by atoms with E-state index in [1.54, 1.807) is 0 Å². The van der Waals surface area contributed by atoms with Gasteiger partial charge in [-0.05, 0) is 76.0 Å². The minimum Gasteiger partial charge on any atom is -0.455 e. The van der Waals surface area contributed by atoms with E-state index in [-0.39, 0.29) is 5.92 Å². The van der Waals surface area contributed by atoms with Crippen LogP contribution in [0.4, 0.5) is 0 Å². The minimum atomic E-state index is 0.123. The molecule has 0 N–H and O–H groups in total. The third-order valence-corrected chi connectivity index (χ3v) is 10.9. The summed E-state index contributed by atoms with van der Waals surface area (Å²) in [7, 11) is 0. The molecule has 1 atom stereocenters. The number of nitrogens with zero attached hydrogens (tertiary/aromatic N) is 3. The van der Waals surface area contributed by atoms with Crippen LogP contribution in [0.1, 0.15) is 29.0 Å². The van der Waals surface area contributed by atoms with Gasteiger partial charge in [0.15, 0.2) is 0 Å². The van der Waals surface area contributed by atoms with Crippen molar-refractivity contribution in [3.8, 4) is 11.1 Å². The molecule has 0 bridgehead atoms. The summed E-state index contributed by atoms with van der Waals surface area (Å²) < 4.78 is 6.65. The van der Waals surface area contributed by atoms with Gasteiger partial charge in [0, 0.05) is 68.0 Å². The molecule has 0 saturated heterocycles. The molecule has 1 aliphatic carbocycles. The molecule has 1 aliphatic rings. The maximum Gasteiger partial charge on any atom is 0.143 e. The second kappa shape index (κ2) is 11.8. The number of hydrogen-bond acceptors (Lipinski definition) is 4. The Labute approximate surface area is 305 Å². The fourth-order valence-corrected chi connectivity index (χ4v) is 8.29. The predicted molar refractivity (Wildman–Crippen MR) is 219 cm³/mol. The number of rotatable bonds is 4. The summed E-state index contributed by atoms with van der Waals surface area (Å²) in [4.78, 5) is 14.9. The van der Waals surface area contributed by atoms with Crippen LogP contribution in [-0.4, -0.2) is 15.0 Å². The Hall–Kier alpha value is -6.91. The van der Waals surface area contributed by atoms with Gasteiger partial charge in [-0.15, -0.1) is 0 Å². The van der Waals surface area contributed by atoms with Gasteiger partial charge in [-0.2, -0.15) is 0 Å². The Morgan fingerprint density at radius 1 is 0.528 bits per heavy atom. The second-order valence-electron chi connectivity index (χ2n) is 14.0. The molecule has 4 heteroatoms. The Morgan fingerprint density at radius 3 is 2.17 bits per heavy atom. The van der Waals surface area contributed by atoms with E-state index in [0.29, 0.717) is 0 Å². The predicted octanol–water partition coefficient (Wildman–Crippen LogP) is 12.7. The molecule has 1 unspecified atom stereocenters. The number of hydrogen-bond donors (Lipinski definition) is 0. The van der Waals surface area contributed by atoms with E-state index in [2.05, 4.69) is 140 Å². The van der Waals surface area contributed by atoms with Crippen LogP contribution >= 0.6 is 0 Å². The van der Waals surface area contributed by atoms with Gasteiger partial charge in [-0.25, -0.2) is 0 Å². The van der Waals surface area contributed by atoms with Crippen molar-refractivity contribution in [2.75, 3.05) is 0 Å². The van der Waals surface area contributed by atoms with Gasteiger partial charge in [0.1, 0.15) is 11.2 Å². The minimum absolute atomic E-state index is 0.123. The molecule has 6 aromatic carbocycles. The molecule has 10 aromatic rings. The third kappa shape index (κ3) is 4.87. The fourth-order valence-electron chi connectivity index (χ4n) is 8.29. The van der Waals surface area contributed by atoms with Crippen molar-refractivity contribution in [3.63, 3.8) is 0 Å². The Balaban J connectivity index is 1.06. The van der Waals surface area contributed by atoms with E-state index in [1.165, 1.54) is 27.7 Å². The average Bonchev–Trinajstić information content (AvgIpc) is 3.63. The van der Waals surface area contributed by atoms with Gasteiger partial charge in [0.05, 0.1) is 16.6 Å². The lowest BCUT2D eigenvalue weighted by molar-refractivity contribution is 0.672. The van der Waals surface area contributed by atoms with Crippen LogP contribution in [0.15, 0.2) is 175 Å². The van der Waals surface area contributed by atoms with Crippen molar-refractivity contribution in [1.29, 1.82) is 0 Å². The largest absolute Gasteiger partial charge is 0.455 e. The van der Waals surface area contributed by atoms with Crippen LogP contribution in [0.3, 0.4) is 0 Å². The molecule has 4 nitrogen and oxygen atoms in total. The molecule has 0 fully saturated rings.